The number of nitrogens with zero attached hydrogens (tertiary/aromatic N) is 2. The van der Waals surface area contributed by atoms with Crippen LogP contribution in [0.1, 0.15) is 11.3 Å². The molecule has 0 saturated heterocycles. The Bertz CT molecular complexity index is 478. The number of hydrogen-bond donors (Lipinski definition) is 0. The third-order valence-corrected chi connectivity index (χ3v) is 2.63. The highest BCUT2D eigenvalue weighted by atomic mass is 15.1. The minimum atomic E-state index is 1.00. The lowest BCUT2D eigenvalue weighted by Crippen LogP contribution is -1.94. The molecule has 0 fully saturated rings. The van der Waals surface area contributed by atoms with E-state index in [0.717, 1.165) is 22.6 Å². The molecule has 15 heavy (non-hydrogen) atoms. The second kappa shape index (κ2) is 3.73. The van der Waals surface area contributed by atoms with Crippen LogP contribution >= 0.6 is 0 Å². The van der Waals surface area contributed by atoms with Gasteiger partial charge in [-0.3, -0.25) is 0 Å². The van der Waals surface area contributed by atoms with Gasteiger partial charge in [0.2, 0.25) is 0 Å². The van der Waals surface area contributed by atoms with Gasteiger partial charge in [-0.2, -0.15) is 0 Å². The highest BCUT2D eigenvalue weighted by molar-refractivity contribution is 5.59. The largest absolute Gasteiger partial charge is 0.331 e. The molecule has 0 N–H and O–H groups in total. The summed E-state index contributed by atoms with van der Waals surface area (Å²) in [5.74, 6) is 1.00. The number of imidazole rings is 1. The van der Waals surface area contributed by atoms with Gasteiger partial charge in [0.15, 0.2) is 0 Å². The molecule has 0 aliphatic carbocycles. The van der Waals surface area contributed by atoms with Gasteiger partial charge in [0.25, 0.3) is 0 Å². The van der Waals surface area contributed by atoms with E-state index < -0.39 is 0 Å². The van der Waals surface area contributed by atoms with E-state index in [0.29, 0.717) is 0 Å². The smallest absolute Gasteiger partial charge is 0.139 e. The second-order valence-electron chi connectivity index (χ2n) is 3.61. The van der Waals surface area contributed by atoms with Gasteiger partial charge >= 0.3 is 0 Å². The first-order chi connectivity index (χ1) is 7.22. The van der Waals surface area contributed by atoms with E-state index in [1.807, 2.05) is 31.5 Å². The second-order valence-corrected chi connectivity index (χ2v) is 3.61. The van der Waals surface area contributed by atoms with Crippen molar-refractivity contribution in [3.8, 4) is 11.4 Å². The number of benzene rings is 1. The van der Waals surface area contributed by atoms with Crippen LogP contribution in [0.15, 0.2) is 37.0 Å². The van der Waals surface area contributed by atoms with E-state index in [2.05, 4.69) is 35.2 Å². The number of rotatable bonds is 2. The van der Waals surface area contributed by atoms with Crippen LogP contribution in [0.5, 0.6) is 0 Å². The Labute approximate surface area is 89.9 Å². The lowest BCUT2D eigenvalue weighted by molar-refractivity contribution is 0.884. The zero-order valence-corrected chi connectivity index (χ0v) is 9.07. The molecular formula is C13H14N2. The Hall–Kier alpha value is -1.83. The van der Waals surface area contributed by atoms with Crippen molar-refractivity contribution in [2.45, 2.75) is 6.92 Å². The summed E-state index contributed by atoms with van der Waals surface area (Å²) in [7, 11) is 2.03. The van der Waals surface area contributed by atoms with Gasteiger partial charge < -0.3 is 4.57 Å². The predicted octanol–water partition coefficient (Wildman–Crippen LogP) is 3.04. The first-order valence-electron chi connectivity index (χ1n) is 4.93. The van der Waals surface area contributed by atoms with Crippen LogP contribution in [0, 0.1) is 6.92 Å². The van der Waals surface area contributed by atoms with Gasteiger partial charge in [-0.05, 0) is 12.5 Å². The molecule has 0 unspecified atom stereocenters. The number of aryl methyl sites for hydroxylation is 1. The zero-order chi connectivity index (χ0) is 10.8. The van der Waals surface area contributed by atoms with Gasteiger partial charge in [0.1, 0.15) is 5.82 Å². The molecule has 0 aliphatic rings. The van der Waals surface area contributed by atoms with E-state index in [1.165, 1.54) is 0 Å². The van der Waals surface area contributed by atoms with Crippen LogP contribution in [0.2, 0.25) is 0 Å². The Balaban J connectivity index is 2.45. The third-order valence-electron chi connectivity index (χ3n) is 2.63. The Morgan fingerprint density at radius 3 is 2.40 bits per heavy atom. The summed E-state index contributed by atoms with van der Waals surface area (Å²) in [6, 6.07) is 8.23. The van der Waals surface area contributed by atoms with E-state index in [9.17, 15) is 0 Å². The average molecular weight is 198 g/mol. The van der Waals surface area contributed by atoms with Gasteiger partial charge in [-0.1, -0.05) is 36.9 Å². The molecule has 76 valence electrons. The quantitative estimate of drug-likeness (QED) is 0.725. The fourth-order valence-corrected chi connectivity index (χ4v) is 1.53. The maximum Gasteiger partial charge on any atom is 0.139 e. The first-order valence-corrected chi connectivity index (χ1v) is 4.93. The standard InChI is InChI=1S/C13H14N2/c1-4-11-5-7-12(8-6-11)13-14-9-10(2)15(13)3/h4-9H,1H2,2-3H3. The molecule has 2 heteroatoms. The fraction of sp³-hybridized carbons (Fsp3) is 0.154. The first kappa shape index (κ1) is 9.71. The molecule has 1 aromatic heterocycles. The third kappa shape index (κ3) is 1.71. The molecule has 0 atom stereocenters. The Morgan fingerprint density at radius 1 is 1.27 bits per heavy atom. The van der Waals surface area contributed by atoms with Gasteiger partial charge in [-0.25, -0.2) is 4.98 Å². The normalized spacial score (nSPS) is 10.3. The minimum Gasteiger partial charge on any atom is -0.331 e. The van der Waals surface area contributed by atoms with Crippen LogP contribution in [-0.4, -0.2) is 9.55 Å². The molecule has 0 saturated carbocycles. The molecule has 0 radical (unpaired) electrons. The summed E-state index contributed by atoms with van der Waals surface area (Å²) in [5, 5.41) is 0. The van der Waals surface area contributed by atoms with Crippen molar-refractivity contribution in [3.05, 3.63) is 48.3 Å². The van der Waals surface area contributed by atoms with Crippen LogP contribution in [0.3, 0.4) is 0 Å². The molecule has 2 rings (SSSR count). The predicted molar refractivity (Wildman–Crippen MR) is 63.5 cm³/mol. The summed E-state index contributed by atoms with van der Waals surface area (Å²) in [4.78, 5) is 4.38. The number of aromatic nitrogens is 2. The van der Waals surface area contributed by atoms with E-state index in [4.69, 9.17) is 0 Å². The van der Waals surface area contributed by atoms with Crippen molar-refractivity contribution < 1.29 is 0 Å². The maximum atomic E-state index is 4.38. The van der Waals surface area contributed by atoms with Crippen LogP contribution in [-0.2, 0) is 7.05 Å². The fourth-order valence-electron chi connectivity index (χ4n) is 1.53. The van der Waals surface area contributed by atoms with Gasteiger partial charge in [-0.15, -0.1) is 0 Å². The van der Waals surface area contributed by atoms with Crippen LogP contribution in [0.25, 0.3) is 17.5 Å². The SMILES string of the molecule is C=Cc1ccc(-c2ncc(C)n2C)cc1. The Morgan fingerprint density at radius 2 is 1.93 bits per heavy atom. The van der Waals surface area contributed by atoms with E-state index in [-0.39, 0.29) is 0 Å². The lowest BCUT2D eigenvalue weighted by atomic mass is 10.1. The van der Waals surface area contributed by atoms with E-state index >= 15 is 0 Å². The lowest BCUT2D eigenvalue weighted by Gasteiger charge is -2.03. The van der Waals surface area contributed by atoms with Crippen molar-refractivity contribution in [3.63, 3.8) is 0 Å². The summed E-state index contributed by atoms with van der Waals surface area (Å²) >= 11 is 0. The summed E-state index contributed by atoms with van der Waals surface area (Å²) < 4.78 is 2.09. The highest BCUT2D eigenvalue weighted by Gasteiger charge is 2.04. The van der Waals surface area contributed by atoms with Crippen molar-refractivity contribution in [2.75, 3.05) is 0 Å². The van der Waals surface area contributed by atoms with Crippen LogP contribution < -0.4 is 0 Å². The molecule has 0 amide bonds. The van der Waals surface area contributed by atoms with Crippen molar-refractivity contribution in [2.24, 2.45) is 7.05 Å². The molecule has 0 bridgehead atoms. The number of hydrogen-bond acceptors (Lipinski definition) is 1. The summed E-state index contributed by atoms with van der Waals surface area (Å²) in [6.07, 6.45) is 3.73. The monoisotopic (exact) mass is 198 g/mol. The van der Waals surface area contributed by atoms with Gasteiger partial charge in [0.05, 0.1) is 0 Å². The summed E-state index contributed by atoms with van der Waals surface area (Å²) in [5.41, 5.74) is 3.43. The Kier molecular flexibility index (Phi) is 2.42. The van der Waals surface area contributed by atoms with Crippen molar-refractivity contribution in [1.29, 1.82) is 0 Å². The van der Waals surface area contributed by atoms with E-state index in [1.54, 1.807) is 0 Å². The van der Waals surface area contributed by atoms with Gasteiger partial charge in [0, 0.05) is 24.5 Å². The highest BCUT2D eigenvalue weighted by Crippen LogP contribution is 2.19. The molecule has 1 heterocycles. The summed E-state index contributed by atoms with van der Waals surface area (Å²) in [6.45, 7) is 5.78. The molecule has 0 aliphatic heterocycles. The molecular weight excluding hydrogens is 184 g/mol. The van der Waals surface area contributed by atoms with Crippen LogP contribution in [0.4, 0.5) is 0 Å². The zero-order valence-electron chi connectivity index (χ0n) is 9.07. The van der Waals surface area contributed by atoms with Crippen molar-refractivity contribution in [1.82, 2.24) is 9.55 Å². The van der Waals surface area contributed by atoms with Crippen molar-refractivity contribution >= 4 is 6.08 Å². The average Bonchev–Trinajstić information content (AvgIpc) is 2.60. The molecule has 0 spiro atoms. The minimum absolute atomic E-state index is 1.00. The topological polar surface area (TPSA) is 17.8 Å². The maximum absolute atomic E-state index is 4.38. The molecule has 1 aromatic carbocycles. The molecule has 2 aromatic rings. The molecule has 2 nitrogen and oxygen atoms in total.